The molecule has 5 rings (SSSR count). The van der Waals surface area contributed by atoms with Crippen molar-refractivity contribution in [3.05, 3.63) is 58.6 Å². The lowest BCUT2D eigenvalue weighted by Crippen LogP contribution is -2.30. The van der Waals surface area contributed by atoms with E-state index >= 15 is 0 Å². The molecule has 0 aliphatic carbocycles. The fourth-order valence-corrected chi connectivity index (χ4v) is 4.18. The second-order valence-corrected chi connectivity index (χ2v) is 7.31. The molecule has 0 spiro atoms. The van der Waals surface area contributed by atoms with E-state index in [1.807, 2.05) is 36.4 Å². The van der Waals surface area contributed by atoms with E-state index in [4.69, 9.17) is 25.8 Å². The van der Waals surface area contributed by atoms with Crippen molar-refractivity contribution >= 4 is 11.6 Å². The van der Waals surface area contributed by atoms with Gasteiger partial charge in [-0.05, 0) is 50.2 Å². The van der Waals surface area contributed by atoms with Crippen molar-refractivity contribution < 1.29 is 14.2 Å². The molecule has 25 heavy (non-hydrogen) atoms. The van der Waals surface area contributed by atoms with Crippen molar-refractivity contribution in [1.82, 2.24) is 4.90 Å². The number of fused-ring (bicyclic) bond motifs is 5. The molecule has 0 aromatic heterocycles. The third kappa shape index (κ3) is 2.83. The highest BCUT2D eigenvalue weighted by molar-refractivity contribution is 6.30. The molecular weight excluding hydrogens is 338 g/mol. The summed E-state index contributed by atoms with van der Waals surface area (Å²) >= 11 is 6.25. The van der Waals surface area contributed by atoms with Crippen LogP contribution in [0.5, 0.6) is 11.5 Å². The zero-order valence-corrected chi connectivity index (χ0v) is 14.6. The maximum atomic E-state index is 6.34. The number of para-hydroxylation sites is 1. The van der Waals surface area contributed by atoms with Gasteiger partial charge in [-0.1, -0.05) is 29.8 Å². The zero-order chi connectivity index (χ0) is 16.8. The first kappa shape index (κ1) is 15.6. The van der Waals surface area contributed by atoms with Gasteiger partial charge in [-0.3, -0.25) is 4.90 Å². The van der Waals surface area contributed by atoms with Gasteiger partial charge in [0.1, 0.15) is 23.7 Å². The Kier molecular flexibility index (Phi) is 3.94. The third-order valence-corrected chi connectivity index (χ3v) is 5.44. The fraction of sp³-hybridized carbons (Fsp3) is 0.400. The van der Waals surface area contributed by atoms with Crippen molar-refractivity contribution in [2.24, 2.45) is 0 Å². The topological polar surface area (TPSA) is 30.9 Å². The first-order valence-electron chi connectivity index (χ1n) is 8.87. The van der Waals surface area contributed by atoms with Gasteiger partial charge in [0, 0.05) is 22.7 Å². The predicted molar refractivity (Wildman–Crippen MR) is 95.1 cm³/mol. The summed E-state index contributed by atoms with van der Waals surface area (Å²) in [5.74, 6) is 1.61. The number of rotatable bonds is 2. The van der Waals surface area contributed by atoms with Crippen LogP contribution in [0.15, 0.2) is 42.5 Å². The molecule has 2 aromatic rings. The summed E-state index contributed by atoms with van der Waals surface area (Å²) in [6.07, 6.45) is 1.91. The number of likely N-dealkylation sites (tertiary alicyclic amines) is 1. The molecule has 0 saturated carbocycles. The van der Waals surface area contributed by atoms with Gasteiger partial charge in [-0.2, -0.15) is 0 Å². The van der Waals surface area contributed by atoms with Gasteiger partial charge in [0.15, 0.2) is 6.29 Å². The van der Waals surface area contributed by atoms with E-state index in [2.05, 4.69) is 11.0 Å². The molecule has 4 nitrogen and oxygen atoms in total. The number of nitrogens with zero attached hydrogens (tertiary/aromatic N) is 1. The highest BCUT2D eigenvalue weighted by atomic mass is 35.5. The maximum absolute atomic E-state index is 6.34. The number of benzene rings is 2. The van der Waals surface area contributed by atoms with Gasteiger partial charge >= 0.3 is 0 Å². The molecule has 5 heteroatoms. The van der Waals surface area contributed by atoms with Crippen molar-refractivity contribution in [1.29, 1.82) is 0 Å². The van der Waals surface area contributed by atoms with Crippen LogP contribution in [0.25, 0.3) is 0 Å². The second kappa shape index (κ2) is 6.29. The summed E-state index contributed by atoms with van der Waals surface area (Å²) in [6, 6.07) is 13.7. The Morgan fingerprint density at radius 3 is 2.48 bits per heavy atom. The smallest absolute Gasteiger partial charge is 0.172 e. The van der Waals surface area contributed by atoms with Gasteiger partial charge in [0.05, 0.1) is 0 Å². The van der Waals surface area contributed by atoms with Crippen molar-refractivity contribution in [2.45, 2.75) is 31.3 Å². The molecule has 2 fully saturated rings. The molecule has 3 atom stereocenters. The monoisotopic (exact) mass is 357 g/mol. The Labute approximate surface area is 152 Å². The SMILES string of the molecule is Clc1ccc2c(c1)C1OC(CN3CCCC3)OC1c1ccccc1O2. The number of ether oxygens (including phenoxy) is 3. The molecule has 3 aliphatic rings. The minimum Gasteiger partial charge on any atom is -0.457 e. The molecule has 3 heterocycles. The number of hydrogen-bond donors (Lipinski definition) is 0. The van der Waals surface area contributed by atoms with Crippen LogP contribution < -0.4 is 4.74 Å². The summed E-state index contributed by atoms with van der Waals surface area (Å²) in [5, 5.41) is 0.679. The van der Waals surface area contributed by atoms with E-state index < -0.39 is 0 Å². The van der Waals surface area contributed by atoms with Crippen LogP contribution in [0.1, 0.15) is 36.2 Å². The fourth-order valence-electron chi connectivity index (χ4n) is 4.00. The molecule has 2 saturated heterocycles. The van der Waals surface area contributed by atoms with E-state index in [0.717, 1.165) is 42.3 Å². The summed E-state index contributed by atoms with van der Waals surface area (Å²) < 4.78 is 18.8. The Balaban J connectivity index is 1.52. The molecular formula is C20H20ClNO3. The quantitative estimate of drug-likeness (QED) is 0.779. The summed E-state index contributed by atoms with van der Waals surface area (Å²) in [6.45, 7) is 3.06. The van der Waals surface area contributed by atoms with E-state index in [0.29, 0.717) is 5.02 Å². The van der Waals surface area contributed by atoms with Gasteiger partial charge in [-0.15, -0.1) is 0 Å². The minimum absolute atomic E-state index is 0.177. The molecule has 3 aliphatic heterocycles. The lowest BCUT2D eigenvalue weighted by atomic mass is 9.98. The molecule has 0 radical (unpaired) electrons. The summed E-state index contributed by atoms with van der Waals surface area (Å²) in [5.41, 5.74) is 1.99. The third-order valence-electron chi connectivity index (χ3n) is 5.20. The standard InChI is InChI=1S/C20H20ClNO3/c21-13-7-8-17-15(11-13)20-19(14-5-1-2-6-16(14)23-17)24-18(25-20)12-22-9-3-4-10-22/h1-2,5-8,11,18-20H,3-4,9-10,12H2. The van der Waals surface area contributed by atoms with Gasteiger partial charge in [-0.25, -0.2) is 0 Å². The van der Waals surface area contributed by atoms with Crippen molar-refractivity contribution in [3.63, 3.8) is 0 Å². The van der Waals surface area contributed by atoms with Crippen molar-refractivity contribution in [3.8, 4) is 11.5 Å². The molecule has 3 unspecified atom stereocenters. The van der Waals surface area contributed by atoms with Gasteiger partial charge < -0.3 is 14.2 Å². The van der Waals surface area contributed by atoms with E-state index in [-0.39, 0.29) is 18.5 Å². The van der Waals surface area contributed by atoms with E-state index in [1.54, 1.807) is 0 Å². The highest BCUT2D eigenvalue weighted by Crippen LogP contribution is 2.52. The van der Waals surface area contributed by atoms with Crippen molar-refractivity contribution in [2.75, 3.05) is 19.6 Å². The van der Waals surface area contributed by atoms with Crippen LogP contribution in [0, 0.1) is 0 Å². The molecule has 0 amide bonds. The zero-order valence-electron chi connectivity index (χ0n) is 13.9. The van der Waals surface area contributed by atoms with Crippen LogP contribution in [-0.4, -0.2) is 30.8 Å². The first-order valence-corrected chi connectivity index (χ1v) is 9.25. The van der Waals surface area contributed by atoms with Crippen LogP contribution in [-0.2, 0) is 9.47 Å². The maximum Gasteiger partial charge on any atom is 0.172 e. The average Bonchev–Trinajstić information content (AvgIpc) is 3.25. The average molecular weight is 358 g/mol. The first-order chi connectivity index (χ1) is 12.3. The van der Waals surface area contributed by atoms with Crippen LogP contribution in [0.2, 0.25) is 5.02 Å². The Hall–Kier alpha value is -1.59. The molecule has 0 N–H and O–H groups in total. The summed E-state index contributed by atoms with van der Waals surface area (Å²) in [4.78, 5) is 2.41. The Morgan fingerprint density at radius 2 is 1.64 bits per heavy atom. The summed E-state index contributed by atoms with van der Waals surface area (Å²) in [7, 11) is 0. The van der Waals surface area contributed by atoms with E-state index in [1.165, 1.54) is 12.8 Å². The van der Waals surface area contributed by atoms with Crippen LogP contribution in [0.4, 0.5) is 0 Å². The number of halogens is 1. The lowest BCUT2D eigenvalue weighted by molar-refractivity contribution is -0.0818. The van der Waals surface area contributed by atoms with E-state index in [9.17, 15) is 0 Å². The lowest BCUT2D eigenvalue weighted by Gasteiger charge is -2.20. The largest absolute Gasteiger partial charge is 0.457 e. The van der Waals surface area contributed by atoms with Gasteiger partial charge in [0.2, 0.25) is 0 Å². The number of hydrogen-bond acceptors (Lipinski definition) is 4. The minimum atomic E-state index is -0.230. The Morgan fingerprint density at radius 1 is 0.920 bits per heavy atom. The molecule has 2 aromatic carbocycles. The molecule has 0 bridgehead atoms. The van der Waals surface area contributed by atoms with Crippen LogP contribution >= 0.6 is 11.6 Å². The predicted octanol–water partition coefficient (Wildman–Crippen LogP) is 4.70. The Bertz CT molecular complexity index is 790. The second-order valence-electron chi connectivity index (χ2n) is 6.87. The normalized spacial score (nSPS) is 28.0. The highest BCUT2D eigenvalue weighted by Gasteiger charge is 2.43. The van der Waals surface area contributed by atoms with Crippen LogP contribution in [0.3, 0.4) is 0 Å². The van der Waals surface area contributed by atoms with Gasteiger partial charge in [0.25, 0.3) is 0 Å². The molecule has 130 valence electrons.